The van der Waals surface area contributed by atoms with Crippen LogP contribution >= 0.6 is 0 Å². The highest BCUT2D eigenvalue weighted by atomic mass is 19.1. The predicted octanol–water partition coefficient (Wildman–Crippen LogP) is 3.26. The molecule has 0 spiro atoms. The van der Waals surface area contributed by atoms with Crippen molar-refractivity contribution in [2.45, 2.75) is 6.54 Å². The number of benzene rings is 2. The van der Waals surface area contributed by atoms with E-state index in [0.29, 0.717) is 12.1 Å². The van der Waals surface area contributed by atoms with Crippen molar-refractivity contribution in [2.24, 2.45) is 0 Å². The molecule has 3 aromatic rings. The van der Waals surface area contributed by atoms with Gasteiger partial charge in [0.05, 0.1) is 0 Å². The highest BCUT2D eigenvalue weighted by Crippen LogP contribution is 2.23. The van der Waals surface area contributed by atoms with E-state index in [-0.39, 0.29) is 11.4 Å². The van der Waals surface area contributed by atoms with Gasteiger partial charge in [0.2, 0.25) is 0 Å². The van der Waals surface area contributed by atoms with Crippen LogP contribution in [0, 0.1) is 5.82 Å². The molecule has 0 radical (unpaired) electrons. The van der Waals surface area contributed by atoms with E-state index in [9.17, 15) is 18.8 Å². The Hall–Kier alpha value is -3.74. The number of likely N-dealkylation sites (N-methyl/N-ethyl adjacent to an activating group) is 2. The monoisotopic (exact) mass is 391 g/mol. The van der Waals surface area contributed by atoms with Crippen LogP contribution in [-0.2, 0) is 16.1 Å². The van der Waals surface area contributed by atoms with Crippen molar-refractivity contribution in [1.82, 2.24) is 14.4 Å². The molecule has 4 rings (SSSR count). The second kappa shape index (κ2) is 7.01. The molecule has 146 valence electrons. The van der Waals surface area contributed by atoms with Crippen LogP contribution in [0.15, 0.2) is 60.3 Å². The smallest absolute Gasteiger partial charge is 0.333 e. The zero-order valence-corrected chi connectivity index (χ0v) is 15.9. The van der Waals surface area contributed by atoms with Crippen LogP contribution in [0.3, 0.4) is 0 Å². The molecule has 0 N–H and O–H groups in total. The van der Waals surface area contributed by atoms with Gasteiger partial charge in [-0.1, -0.05) is 18.2 Å². The first-order chi connectivity index (χ1) is 13.8. The Morgan fingerprint density at radius 2 is 1.66 bits per heavy atom. The standard InChI is InChI=1S/C22H18FN3O3/c1-24-20(27)18(21(28)25(2)22(24)29)12-14-6-7-19-16(10-14)8-9-26(19)13-15-4-3-5-17(23)11-15/h3-12H,13H2,1-2H3. The summed E-state index contributed by atoms with van der Waals surface area (Å²) in [6, 6.07) is 13.3. The summed E-state index contributed by atoms with van der Waals surface area (Å²) in [4.78, 5) is 38.4. The summed E-state index contributed by atoms with van der Waals surface area (Å²) >= 11 is 0. The number of aromatic nitrogens is 1. The Labute approximate surface area is 166 Å². The Kier molecular flexibility index (Phi) is 4.50. The van der Waals surface area contributed by atoms with Crippen molar-refractivity contribution >= 4 is 34.8 Å². The minimum Gasteiger partial charge on any atom is -0.343 e. The largest absolute Gasteiger partial charge is 0.343 e. The Morgan fingerprint density at radius 3 is 2.34 bits per heavy atom. The number of halogens is 1. The molecule has 1 aliphatic rings. The molecule has 6 nitrogen and oxygen atoms in total. The van der Waals surface area contributed by atoms with Gasteiger partial charge in [0.25, 0.3) is 11.8 Å². The quantitative estimate of drug-likeness (QED) is 0.509. The van der Waals surface area contributed by atoms with Crippen molar-refractivity contribution in [2.75, 3.05) is 14.1 Å². The Morgan fingerprint density at radius 1 is 0.931 bits per heavy atom. The van der Waals surface area contributed by atoms with Crippen molar-refractivity contribution in [3.8, 4) is 0 Å². The number of carbonyl (C=O) groups is 3. The van der Waals surface area contributed by atoms with Crippen LogP contribution in [0.4, 0.5) is 9.18 Å². The highest BCUT2D eigenvalue weighted by molar-refractivity contribution is 6.30. The van der Waals surface area contributed by atoms with Gasteiger partial charge in [-0.2, -0.15) is 0 Å². The van der Waals surface area contributed by atoms with Crippen molar-refractivity contribution in [3.05, 3.63) is 77.2 Å². The molecule has 1 fully saturated rings. The number of hydrogen-bond donors (Lipinski definition) is 0. The fourth-order valence-corrected chi connectivity index (χ4v) is 3.42. The van der Waals surface area contributed by atoms with Gasteiger partial charge in [-0.25, -0.2) is 9.18 Å². The van der Waals surface area contributed by atoms with E-state index >= 15 is 0 Å². The maximum Gasteiger partial charge on any atom is 0.333 e. The molecule has 1 aromatic heterocycles. The number of nitrogens with zero attached hydrogens (tertiary/aromatic N) is 3. The fraction of sp³-hybridized carbons (Fsp3) is 0.136. The number of fused-ring (bicyclic) bond motifs is 1. The molecule has 4 amide bonds. The van der Waals surface area contributed by atoms with Crippen molar-refractivity contribution in [1.29, 1.82) is 0 Å². The van der Waals surface area contributed by atoms with Gasteiger partial charge < -0.3 is 4.57 Å². The van der Waals surface area contributed by atoms with Crippen LogP contribution in [0.5, 0.6) is 0 Å². The molecule has 29 heavy (non-hydrogen) atoms. The van der Waals surface area contributed by atoms with Gasteiger partial charge in [-0.3, -0.25) is 19.4 Å². The lowest BCUT2D eigenvalue weighted by Gasteiger charge is -2.28. The molecule has 0 atom stereocenters. The topological polar surface area (TPSA) is 62.6 Å². The summed E-state index contributed by atoms with van der Waals surface area (Å²) in [5.41, 5.74) is 2.41. The third kappa shape index (κ3) is 3.31. The number of urea groups is 1. The summed E-state index contributed by atoms with van der Waals surface area (Å²) in [7, 11) is 2.69. The third-order valence-corrected chi connectivity index (χ3v) is 4.99. The average Bonchev–Trinajstić information content (AvgIpc) is 3.10. The summed E-state index contributed by atoms with van der Waals surface area (Å²) in [5, 5.41) is 0.921. The summed E-state index contributed by atoms with van der Waals surface area (Å²) in [5.74, 6) is -1.52. The first-order valence-electron chi connectivity index (χ1n) is 9.00. The van der Waals surface area contributed by atoms with E-state index in [0.717, 1.165) is 26.3 Å². The highest BCUT2D eigenvalue weighted by Gasteiger charge is 2.37. The van der Waals surface area contributed by atoms with Gasteiger partial charge in [0, 0.05) is 37.7 Å². The number of amides is 4. The van der Waals surface area contributed by atoms with E-state index in [1.165, 1.54) is 32.3 Å². The maximum atomic E-state index is 13.4. The normalized spacial score (nSPS) is 14.9. The lowest BCUT2D eigenvalue weighted by Crippen LogP contribution is -2.52. The van der Waals surface area contributed by atoms with E-state index in [2.05, 4.69) is 0 Å². The summed E-state index contributed by atoms with van der Waals surface area (Å²) in [6.07, 6.45) is 3.40. The molecule has 1 saturated heterocycles. The number of hydrogen-bond acceptors (Lipinski definition) is 3. The number of barbiturate groups is 1. The lowest BCUT2D eigenvalue weighted by molar-refractivity contribution is -0.134. The van der Waals surface area contributed by atoms with Crippen molar-refractivity contribution < 1.29 is 18.8 Å². The zero-order valence-electron chi connectivity index (χ0n) is 15.9. The van der Waals surface area contributed by atoms with Crippen LogP contribution < -0.4 is 0 Å². The van der Waals surface area contributed by atoms with Gasteiger partial charge in [0.15, 0.2) is 0 Å². The second-order valence-corrected chi connectivity index (χ2v) is 6.96. The van der Waals surface area contributed by atoms with Crippen LogP contribution in [0.2, 0.25) is 0 Å². The molecule has 2 aromatic carbocycles. The Balaban J connectivity index is 1.66. The van der Waals surface area contributed by atoms with Gasteiger partial charge >= 0.3 is 6.03 Å². The SMILES string of the molecule is CN1C(=O)C(=Cc2ccc3c(ccn3Cc3cccc(F)c3)c2)C(=O)N(C)C1=O. The lowest BCUT2D eigenvalue weighted by atomic mass is 10.1. The number of carbonyl (C=O) groups excluding carboxylic acids is 3. The molecular formula is C22H18FN3O3. The first-order valence-corrected chi connectivity index (χ1v) is 9.00. The van der Waals surface area contributed by atoms with E-state index < -0.39 is 17.8 Å². The summed E-state index contributed by atoms with van der Waals surface area (Å²) in [6.45, 7) is 0.524. The second-order valence-electron chi connectivity index (χ2n) is 6.96. The first kappa shape index (κ1) is 18.6. The maximum absolute atomic E-state index is 13.4. The number of rotatable bonds is 3. The summed E-state index contributed by atoms with van der Waals surface area (Å²) < 4.78 is 15.4. The van der Waals surface area contributed by atoms with E-state index in [4.69, 9.17) is 0 Å². The molecule has 0 aliphatic carbocycles. The van der Waals surface area contributed by atoms with Crippen LogP contribution in [-0.4, -0.2) is 46.3 Å². The average molecular weight is 391 g/mol. The van der Waals surface area contributed by atoms with Crippen LogP contribution in [0.1, 0.15) is 11.1 Å². The zero-order chi connectivity index (χ0) is 20.7. The minimum absolute atomic E-state index is 0.0619. The molecule has 7 heteroatoms. The van der Waals surface area contributed by atoms with Gasteiger partial charge in [-0.15, -0.1) is 0 Å². The molecule has 1 aliphatic heterocycles. The van der Waals surface area contributed by atoms with E-state index in [1.54, 1.807) is 12.1 Å². The number of imide groups is 2. The van der Waals surface area contributed by atoms with Gasteiger partial charge in [-0.05, 0) is 47.5 Å². The minimum atomic E-state index is -0.651. The third-order valence-electron chi connectivity index (χ3n) is 4.99. The molecular weight excluding hydrogens is 373 g/mol. The van der Waals surface area contributed by atoms with Gasteiger partial charge in [0.1, 0.15) is 11.4 Å². The molecule has 0 saturated carbocycles. The predicted molar refractivity (Wildman–Crippen MR) is 106 cm³/mol. The van der Waals surface area contributed by atoms with Crippen LogP contribution in [0.25, 0.3) is 17.0 Å². The Bertz CT molecular complexity index is 1170. The fourth-order valence-electron chi connectivity index (χ4n) is 3.42. The van der Waals surface area contributed by atoms with E-state index in [1.807, 2.05) is 35.0 Å². The molecule has 2 heterocycles. The van der Waals surface area contributed by atoms with Crippen molar-refractivity contribution in [3.63, 3.8) is 0 Å². The molecule has 0 bridgehead atoms. The molecule has 0 unspecified atom stereocenters.